The van der Waals surface area contributed by atoms with Crippen LogP contribution in [0.3, 0.4) is 0 Å². The van der Waals surface area contributed by atoms with Crippen LogP contribution in [0.1, 0.15) is 12.8 Å². The van der Waals surface area contributed by atoms with Crippen LogP contribution in [-0.4, -0.2) is 134 Å². The maximum atomic E-state index is 9.49. The van der Waals surface area contributed by atoms with E-state index in [9.17, 15) is 15.3 Å². The Labute approximate surface area is 211 Å². The third kappa shape index (κ3) is 14.0. The summed E-state index contributed by atoms with van der Waals surface area (Å²) in [4.78, 5) is 0. The van der Waals surface area contributed by atoms with E-state index in [1.807, 2.05) is 19.6 Å². The van der Waals surface area contributed by atoms with E-state index >= 15 is 0 Å². The largest absolute Gasteiger partial charge is 0.416 e. The number of hydrogen-bond acceptors (Lipinski definition) is 12. The molecule has 1 aliphatic rings. The van der Waals surface area contributed by atoms with Crippen molar-refractivity contribution in [2.45, 2.75) is 68.9 Å². The SMILES string of the molecule is C[Si]1(CCCOCC(O)CO)O[Si](C)(CCCOCC(O)CO)O[Si](C)(CCOCC(O)CO)O1. The second-order valence-corrected chi connectivity index (χ2v) is 20.2. The Morgan fingerprint density at radius 2 is 0.857 bits per heavy atom. The lowest BCUT2D eigenvalue weighted by Gasteiger charge is -2.50. The van der Waals surface area contributed by atoms with Crippen molar-refractivity contribution < 1.29 is 57.2 Å². The molecule has 0 aliphatic carbocycles. The predicted octanol–water partition coefficient (Wildman–Crippen LogP) is -0.845. The van der Waals surface area contributed by atoms with Gasteiger partial charge in [-0.2, -0.15) is 0 Å². The fourth-order valence-electron chi connectivity index (χ4n) is 3.80. The minimum Gasteiger partial charge on any atom is -0.416 e. The number of rotatable bonds is 20. The summed E-state index contributed by atoms with van der Waals surface area (Å²) in [6, 6.07) is 1.91. The fourth-order valence-corrected chi connectivity index (χ4v) is 20.9. The predicted molar refractivity (Wildman–Crippen MR) is 133 cm³/mol. The molecule has 35 heavy (non-hydrogen) atoms. The van der Waals surface area contributed by atoms with Crippen molar-refractivity contribution in [1.82, 2.24) is 0 Å². The van der Waals surface area contributed by atoms with Crippen molar-refractivity contribution in [1.29, 1.82) is 0 Å². The minimum atomic E-state index is -2.67. The number of aliphatic hydroxyl groups is 6. The lowest BCUT2D eigenvalue weighted by Crippen LogP contribution is -2.67. The molecule has 1 fully saturated rings. The molecule has 210 valence electrons. The van der Waals surface area contributed by atoms with Crippen molar-refractivity contribution in [3.8, 4) is 0 Å². The third-order valence-corrected chi connectivity index (χ3v) is 19.4. The molecule has 0 aromatic carbocycles. The van der Waals surface area contributed by atoms with Gasteiger partial charge in [-0.1, -0.05) is 0 Å². The van der Waals surface area contributed by atoms with Gasteiger partial charge in [-0.3, -0.25) is 0 Å². The lowest BCUT2D eigenvalue weighted by atomic mass is 10.4. The summed E-state index contributed by atoms with van der Waals surface area (Å²) in [6.07, 6.45) is -1.35. The second-order valence-electron chi connectivity index (χ2n) is 9.40. The maximum absolute atomic E-state index is 9.49. The third-order valence-electron chi connectivity index (χ3n) is 5.40. The van der Waals surface area contributed by atoms with Gasteiger partial charge in [0.05, 0.1) is 39.6 Å². The monoisotopic (exact) mass is 562 g/mol. The van der Waals surface area contributed by atoms with Crippen molar-refractivity contribution >= 4 is 25.7 Å². The molecule has 0 saturated carbocycles. The summed E-state index contributed by atoms with van der Waals surface area (Å²) >= 11 is 0. The van der Waals surface area contributed by atoms with Gasteiger partial charge in [0.1, 0.15) is 18.3 Å². The molecule has 1 aliphatic heterocycles. The highest BCUT2D eigenvalue weighted by molar-refractivity contribution is 6.93. The zero-order valence-corrected chi connectivity index (χ0v) is 24.3. The number of aliphatic hydroxyl groups excluding tert-OH is 6. The average Bonchev–Trinajstić information content (AvgIpc) is 2.79. The van der Waals surface area contributed by atoms with E-state index in [0.717, 1.165) is 0 Å². The smallest absolute Gasteiger partial charge is 0.319 e. The summed E-state index contributed by atoms with van der Waals surface area (Å²) in [5.41, 5.74) is 0. The zero-order valence-electron chi connectivity index (χ0n) is 21.3. The molecule has 0 spiro atoms. The van der Waals surface area contributed by atoms with Crippen LogP contribution in [0.4, 0.5) is 0 Å². The Hall–Kier alpha value is 0.171. The van der Waals surface area contributed by atoms with E-state index in [2.05, 4.69) is 0 Å². The first kappa shape index (κ1) is 33.2. The number of hydrogen-bond donors (Lipinski definition) is 6. The summed E-state index contributed by atoms with van der Waals surface area (Å²) in [7, 11) is -7.92. The molecule has 12 nitrogen and oxygen atoms in total. The first-order chi connectivity index (χ1) is 16.5. The Bertz CT molecular complexity index is 531. The van der Waals surface area contributed by atoms with Gasteiger partial charge in [0.2, 0.25) is 0 Å². The zero-order chi connectivity index (χ0) is 26.4. The van der Waals surface area contributed by atoms with Crippen LogP contribution in [0.2, 0.25) is 37.8 Å². The van der Waals surface area contributed by atoms with Crippen LogP contribution in [0.5, 0.6) is 0 Å². The van der Waals surface area contributed by atoms with Crippen LogP contribution in [-0.2, 0) is 26.6 Å². The Morgan fingerprint density at radius 3 is 1.20 bits per heavy atom. The van der Waals surface area contributed by atoms with E-state index in [0.29, 0.717) is 50.8 Å². The molecule has 5 unspecified atom stereocenters. The van der Waals surface area contributed by atoms with Crippen LogP contribution in [0.25, 0.3) is 0 Å². The highest BCUT2D eigenvalue weighted by Crippen LogP contribution is 2.37. The summed E-state index contributed by atoms with van der Waals surface area (Å²) in [5, 5.41) is 55.1. The normalized spacial score (nSPS) is 29.7. The molecule has 1 saturated heterocycles. The maximum Gasteiger partial charge on any atom is 0.319 e. The second kappa shape index (κ2) is 16.9. The molecule has 0 radical (unpaired) electrons. The molecule has 1 heterocycles. The first-order valence-corrected chi connectivity index (χ1v) is 19.8. The van der Waals surface area contributed by atoms with E-state index < -0.39 is 44.0 Å². The van der Waals surface area contributed by atoms with E-state index in [-0.39, 0.29) is 39.6 Å². The van der Waals surface area contributed by atoms with Crippen LogP contribution in [0, 0.1) is 0 Å². The molecule has 6 N–H and O–H groups in total. The van der Waals surface area contributed by atoms with Crippen LogP contribution in [0.15, 0.2) is 0 Å². The Kier molecular flexibility index (Phi) is 16.0. The van der Waals surface area contributed by atoms with Crippen molar-refractivity contribution in [2.75, 3.05) is 59.5 Å². The molecule has 15 heteroatoms. The summed E-state index contributed by atoms with van der Waals surface area (Å²) in [5.74, 6) is 0. The fraction of sp³-hybridized carbons (Fsp3) is 1.00. The van der Waals surface area contributed by atoms with Crippen molar-refractivity contribution in [3.05, 3.63) is 0 Å². The van der Waals surface area contributed by atoms with Crippen molar-refractivity contribution in [2.24, 2.45) is 0 Å². The highest BCUT2D eigenvalue weighted by atomic mass is 28.5. The van der Waals surface area contributed by atoms with Crippen LogP contribution < -0.4 is 0 Å². The quantitative estimate of drug-likeness (QED) is 0.0802. The topological polar surface area (TPSA) is 177 Å². The van der Waals surface area contributed by atoms with Crippen molar-refractivity contribution in [3.63, 3.8) is 0 Å². The Balaban J connectivity index is 2.70. The number of ether oxygens (including phenoxy) is 3. The van der Waals surface area contributed by atoms with Gasteiger partial charge in [-0.25, -0.2) is 0 Å². The highest BCUT2D eigenvalue weighted by Gasteiger charge is 2.55. The van der Waals surface area contributed by atoms with E-state index in [1.54, 1.807) is 0 Å². The van der Waals surface area contributed by atoms with E-state index in [1.165, 1.54) is 0 Å². The first-order valence-electron chi connectivity index (χ1n) is 12.2. The Morgan fingerprint density at radius 1 is 0.543 bits per heavy atom. The van der Waals surface area contributed by atoms with Gasteiger partial charge < -0.3 is 57.2 Å². The molecule has 5 atom stereocenters. The molecular formula is C20H46O12Si3. The molecule has 0 bridgehead atoms. The van der Waals surface area contributed by atoms with E-state index in [4.69, 9.17) is 41.9 Å². The molecule has 0 aromatic rings. The molecule has 0 aromatic heterocycles. The van der Waals surface area contributed by atoms with Gasteiger partial charge in [-0.15, -0.1) is 0 Å². The summed E-state index contributed by atoms with van der Waals surface area (Å²) in [6.45, 7) is 6.33. The minimum absolute atomic E-state index is 0.0366. The molecule has 0 amide bonds. The van der Waals surface area contributed by atoms with Gasteiger partial charge in [0.25, 0.3) is 0 Å². The van der Waals surface area contributed by atoms with Gasteiger partial charge >= 0.3 is 25.7 Å². The molecular weight excluding hydrogens is 516 g/mol. The van der Waals surface area contributed by atoms with Crippen LogP contribution >= 0.6 is 0 Å². The van der Waals surface area contributed by atoms with Gasteiger partial charge in [0.15, 0.2) is 0 Å². The van der Waals surface area contributed by atoms with Gasteiger partial charge in [-0.05, 0) is 44.6 Å². The molecule has 1 rings (SSSR count). The lowest BCUT2D eigenvalue weighted by molar-refractivity contribution is 0.00564. The average molecular weight is 563 g/mol. The summed E-state index contributed by atoms with van der Waals surface area (Å²) < 4.78 is 36.1. The van der Waals surface area contributed by atoms with Gasteiger partial charge in [0, 0.05) is 25.9 Å². The standard InChI is InChI=1S/C20H46O12Si3/c1-33(9-4-6-27-15-18(24)12-21)30-34(2,10-5-7-28-16-19(25)13-22)32-35(3,31-33)11-8-29-17-20(26)14-23/h18-26H,4-17H2,1-3H3.